The van der Waals surface area contributed by atoms with Crippen LogP contribution in [0.3, 0.4) is 0 Å². The maximum absolute atomic E-state index is 12.2. The summed E-state index contributed by atoms with van der Waals surface area (Å²) in [5, 5.41) is 11.6. The van der Waals surface area contributed by atoms with E-state index in [1.165, 1.54) is 4.90 Å². The van der Waals surface area contributed by atoms with Crippen LogP contribution in [0.4, 0.5) is 10.5 Å². The standard InChI is InChI=1S/C15H15N3O3/c19-14(20)11-18(13-7-2-1-3-8-13)15(21)17-10-12-6-4-5-9-16-12/h1-9H,10-11H2,(H,17,21)(H,19,20). The van der Waals surface area contributed by atoms with Crippen LogP contribution in [0.1, 0.15) is 5.69 Å². The van der Waals surface area contributed by atoms with Gasteiger partial charge in [-0.05, 0) is 24.3 Å². The zero-order valence-corrected chi connectivity index (χ0v) is 11.3. The van der Waals surface area contributed by atoms with Crippen molar-refractivity contribution >= 4 is 17.7 Å². The van der Waals surface area contributed by atoms with Crippen molar-refractivity contribution in [3.8, 4) is 0 Å². The van der Waals surface area contributed by atoms with Crippen molar-refractivity contribution in [1.82, 2.24) is 10.3 Å². The summed E-state index contributed by atoms with van der Waals surface area (Å²) in [4.78, 5) is 28.4. The fourth-order valence-corrected chi connectivity index (χ4v) is 1.79. The van der Waals surface area contributed by atoms with Crippen molar-refractivity contribution < 1.29 is 14.7 Å². The first-order chi connectivity index (χ1) is 10.2. The van der Waals surface area contributed by atoms with Crippen LogP contribution in [0, 0.1) is 0 Å². The number of nitrogens with zero attached hydrogens (tertiary/aromatic N) is 2. The van der Waals surface area contributed by atoms with Crippen LogP contribution in [0.2, 0.25) is 0 Å². The summed E-state index contributed by atoms with van der Waals surface area (Å²) in [6.45, 7) is -0.166. The maximum Gasteiger partial charge on any atom is 0.323 e. The Morgan fingerprint density at radius 1 is 1.10 bits per heavy atom. The van der Waals surface area contributed by atoms with E-state index in [1.807, 2.05) is 6.07 Å². The molecular weight excluding hydrogens is 270 g/mol. The third kappa shape index (κ3) is 4.31. The number of anilines is 1. The number of nitrogens with one attached hydrogen (secondary N) is 1. The second-order valence-electron chi connectivity index (χ2n) is 4.30. The minimum Gasteiger partial charge on any atom is -0.480 e. The first-order valence-corrected chi connectivity index (χ1v) is 6.39. The van der Waals surface area contributed by atoms with E-state index < -0.39 is 18.5 Å². The number of hydrogen-bond donors (Lipinski definition) is 2. The van der Waals surface area contributed by atoms with Crippen molar-refractivity contribution in [2.45, 2.75) is 6.54 Å². The van der Waals surface area contributed by atoms with Gasteiger partial charge in [-0.1, -0.05) is 24.3 Å². The van der Waals surface area contributed by atoms with E-state index in [0.29, 0.717) is 11.4 Å². The largest absolute Gasteiger partial charge is 0.480 e. The minimum atomic E-state index is -1.08. The molecule has 108 valence electrons. The zero-order chi connectivity index (χ0) is 15.1. The third-order valence-electron chi connectivity index (χ3n) is 2.75. The van der Waals surface area contributed by atoms with E-state index in [1.54, 1.807) is 48.7 Å². The van der Waals surface area contributed by atoms with Crippen LogP contribution in [0.5, 0.6) is 0 Å². The number of carboxylic acid groups (broad SMARTS) is 1. The number of para-hydroxylation sites is 1. The van der Waals surface area contributed by atoms with Crippen LogP contribution < -0.4 is 10.2 Å². The van der Waals surface area contributed by atoms with Crippen molar-refractivity contribution in [3.63, 3.8) is 0 Å². The first-order valence-electron chi connectivity index (χ1n) is 6.39. The highest BCUT2D eigenvalue weighted by molar-refractivity contribution is 5.96. The second-order valence-corrected chi connectivity index (χ2v) is 4.30. The molecule has 1 aromatic heterocycles. The molecule has 0 atom stereocenters. The van der Waals surface area contributed by atoms with Gasteiger partial charge in [-0.15, -0.1) is 0 Å². The molecule has 0 aliphatic rings. The Hall–Kier alpha value is -2.89. The Morgan fingerprint density at radius 3 is 2.43 bits per heavy atom. The van der Waals surface area contributed by atoms with Gasteiger partial charge in [0.2, 0.25) is 0 Å². The molecule has 0 unspecified atom stereocenters. The summed E-state index contributed by atoms with van der Waals surface area (Å²) in [5.41, 5.74) is 1.23. The number of urea groups is 1. The molecule has 1 aromatic carbocycles. The molecule has 0 aliphatic carbocycles. The third-order valence-corrected chi connectivity index (χ3v) is 2.75. The number of hydrogen-bond acceptors (Lipinski definition) is 3. The Labute approximate surface area is 122 Å². The fourth-order valence-electron chi connectivity index (χ4n) is 1.79. The highest BCUT2D eigenvalue weighted by atomic mass is 16.4. The Kier molecular flexibility index (Phi) is 4.87. The molecule has 0 aliphatic heterocycles. The van der Waals surface area contributed by atoms with Gasteiger partial charge in [-0.2, -0.15) is 0 Å². The molecule has 2 amide bonds. The lowest BCUT2D eigenvalue weighted by Crippen LogP contribution is -2.42. The topological polar surface area (TPSA) is 82.5 Å². The summed E-state index contributed by atoms with van der Waals surface area (Å²) < 4.78 is 0. The van der Waals surface area contributed by atoms with E-state index >= 15 is 0 Å². The van der Waals surface area contributed by atoms with Gasteiger partial charge >= 0.3 is 12.0 Å². The molecule has 6 nitrogen and oxygen atoms in total. The minimum absolute atomic E-state index is 0.239. The maximum atomic E-state index is 12.2. The number of aliphatic carboxylic acids is 1. The van der Waals surface area contributed by atoms with Gasteiger partial charge < -0.3 is 10.4 Å². The molecule has 6 heteroatoms. The number of aromatic nitrogens is 1. The van der Waals surface area contributed by atoms with Crippen LogP contribution in [0.25, 0.3) is 0 Å². The average Bonchev–Trinajstić information content (AvgIpc) is 2.52. The molecule has 2 rings (SSSR count). The summed E-state index contributed by atoms with van der Waals surface area (Å²) in [6, 6.07) is 13.6. The molecular formula is C15H15N3O3. The van der Waals surface area contributed by atoms with E-state index in [2.05, 4.69) is 10.3 Å². The molecule has 2 aromatic rings. The smallest absolute Gasteiger partial charge is 0.323 e. The van der Waals surface area contributed by atoms with E-state index in [9.17, 15) is 9.59 Å². The Bertz CT molecular complexity index is 602. The molecule has 0 saturated carbocycles. The van der Waals surface area contributed by atoms with E-state index in [-0.39, 0.29) is 6.54 Å². The highest BCUT2D eigenvalue weighted by Crippen LogP contribution is 2.13. The number of pyridine rings is 1. The van der Waals surface area contributed by atoms with Gasteiger partial charge in [0.15, 0.2) is 0 Å². The predicted molar refractivity (Wildman–Crippen MR) is 77.9 cm³/mol. The molecule has 0 fully saturated rings. The lowest BCUT2D eigenvalue weighted by Gasteiger charge is -2.21. The number of amides is 2. The van der Waals surface area contributed by atoms with Gasteiger partial charge in [-0.25, -0.2) is 4.79 Å². The van der Waals surface area contributed by atoms with Crippen molar-refractivity contribution in [3.05, 3.63) is 60.4 Å². The number of rotatable bonds is 5. The normalized spacial score (nSPS) is 9.90. The predicted octanol–water partition coefficient (Wildman–Crippen LogP) is 1.88. The number of benzene rings is 1. The van der Waals surface area contributed by atoms with Gasteiger partial charge in [0.25, 0.3) is 0 Å². The van der Waals surface area contributed by atoms with Gasteiger partial charge in [0.05, 0.1) is 12.2 Å². The van der Waals surface area contributed by atoms with E-state index in [4.69, 9.17) is 5.11 Å². The molecule has 21 heavy (non-hydrogen) atoms. The molecule has 1 heterocycles. The Balaban J connectivity index is 2.06. The molecule has 0 saturated heterocycles. The van der Waals surface area contributed by atoms with E-state index in [0.717, 1.165) is 0 Å². The Morgan fingerprint density at radius 2 is 1.81 bits per heavy atom. The second kappa shape index (κ2) is 7.04. The first kappa shape index (κ1) is 14.5. The monoisotopic (exact) mass is 285 g/mol. The summed E-state index contributed by atoms with van der Waals surface area (Å²) in [5.74, 6) is -1.08. The van der Waals surface area contributed by atoms with Crippen LogP contribution in [-0.2, 0) is 11.3 Å². The van der Waals surface area contributed by atoms with Crippen LogP contribution in [-0.4, -0.2) is 28.6 Å². The van der Waals surface area contributed by atoms with Gasteiger partial charge in [0, 0.05) is 11.9 Å². The molecule has 0 spiro atoms. The van der Waals surface area contributed by atoms with Crippen LogP contribution in [0.15, 0.2) is 54.7 Å². The molecule has 0 radical (unpaired) electrons. The lowest BCUT2D eigenvalue weighted by atomic mass is 10.3. The van der Waals surface area contributed by atoms with Crippen molar-refractivity contribution in [2.75, 3.05) is 11.4 Å². The molecule has 2 N–H and O–H groups in total. The average molecular weight is 285 g/mol. The van der Waals surface area contributed by atoms with Crippen molar-refractivity contribution in [2.24, 2.45) is 0 Å². The zero-order valence-electron chi connectivity index (χ0n) is 11.3. The molecule has 0 bridgehead atoms. The fraction of sp³-hybridized carbons (Fsp3) is 0.133. The number of carboxylic acids is 1. The highest BCUT2D eigenvalue weighted by Gasteiger charge is 2.18. The van der Waals surface area contributed by atoms with Crippen LogP contribution >= 0.6 is 0 Å². The van der Waals surface area contributed by atoms with Gasteiger partial charge in [-0.3, -0.25) is 14.7 Å². The number of carbonyl (C=O) groups is 2. The van der Waals surface area contributed by atoms with Crippen molar-refractivity contribution in [1.29, 1.82) is 0 Å². The summed E-state index contributed by atoms with van der Waals surface area (Å²) >= 11 is 0. The van der Waals surface area contributed by atoms with Gasteiger partial charge in [0.1, 0.15) is 6.54 Å². The lowest BCUT2D eigenvalue weighted by molar-refractivity contribution is -0.135. The summed E-state index contributed by atoms with van der Waals surface area (Å²) in [7, 11) is 0. The summed E-state index contributed by atoms with van der Waals surface area (Å²) in [6.07, 6.45) is 1.63. The SMILES string of the molecule is O=C(O)CN(C(=O)NCc1ccccn1)c1ccccc1. The number of carbonyl (C=O) groups excluding carboxylic acids is 1. The quantitative estimate of drug-likeness (QED) is 0.878.